The van der Waals surface area contributed by atoms with E-state index in [0.29, 0.717) is 6.04 Å². The van der Waals surface area contributed by atoms with Crippen molar-refractivity contribution in [1.29, 1.82) is 0 Å². The van der Waals surface area contributed by atoms with Crippen LogP contribution in [0.25, 0.3) is 0 Å². The van der Waals surface area contributed by atoms with Crippen molar-refractivity contribution < 1.29 is 4.74 Å². The molecule has 0 amide bonds. The van der Waals surface area contributed by atoms with E-state index < -0.39 is 0 Å². The number of ether oxygens (including phenoxy) is 1. The summed E-state index contributed by atoms with van der Waals surface area (Å²) in [7, 11) is 0. The molecule has 0 saturated carbocycles. The van der Waals surface area contributed by atoms with E-state index in [1.54, 1.807) is 0 Å². The van der Waals surface area contributed by atoms with Gasteiger partial charge >= 0.3 is 0 Å². The first-order valence-corrected chi connectivity index (χ1v) is 6.62. The first kappa shape index (κ1) is 14.2. The van der Waals surface area contributed by atoms with Crippen LogP contribution in [0.2, 0.25) is 0 Å². The molecule has 17 heavy (non-hydrogen) atoms. The van der Waals surface area contributed by atoms with Crippen molar-refractivity contribution in [2.45, 2.75) is 39.7 Å². The van der Waals surface area contributed by atoms with E-state index >= 15 is 0 Å². The van der Waals surface area contributed by atoms with E-state index in [4.69, 9.17) is 4.74 Å². The molecule has 1 N–H and O–H groups in total. The van der Waals surface area contributed by atoms with Gasteiger partial charge in [0.05, 0.1) is 6.61 Å². The van der Waals surface area contributed by atoms with E-state index in [2.05, 4.69) is 50.4 Å². The second-order valence-electron chi connectivity index (χ2n) is 4.50. The molecule has 0 spiro atoms. The van der Waals surface area contributed by atoms with E-state index in [0.717, 1.165) is 26.2 Å². The van der Waals surface area contributed by atoms with Crippen molar-refractivity contribution in [3.05, 3.63) is 35.4 Å². The van der Waals surface area contributed by atoms with E-state index in [1.165, 1.54) is 17.5 Å². The first-order valence-electron chi connectivity index (χ1n) is 6.62. The summed E-state index contributed by atoms with van der Waals surface area (Å²) in [5.41, 5.74) is 2.72. The lowest BCUT2D eigenvalue weighted by Gasteiger charge is -2.16. The molecule has 0 unspecified atom stereocenters. The molecule has 1 atom stereocenters. The first-order chi connectivity index (χ1) is 8.25. The molecule has 1 aromatic carbocycles. The molecule has 1 aromatic rings. The van der Waals surface area contributed by atoms with Crippen LogP contribution in [0, 0.1) is 6.92 Å². The number of unbranched alkanes of at least 4 members (excludes halogenated alkanes) is 1. The number of hydrogen-bond acceptors (Lipinski definition) is 2. The van der Waals surface area contributed by atoms with Crippen molar-refractivity contribution in [3.8, 4) is 0 Å². The van der Waals surface area contributed by atoms with E-state index in [1.807, 2.05) is 0 Å². The summed E-state index contributed by atoms with van der Waals surface area (Å²) < 4.78 is 5.53. The number of benzene rings is 1. The van der Waals surface area contributed by atoms with Gasteiger partial charge in [0.25, 0.3) is 0 Å². The maximum Gasteiger partial charge on any atom is 0.0591 e. The van der Waals surface area contributed by atoms with Gasteiger partial charge in [0.1, 0.15) is 0 Å². The number of nitrogens with one attached hydrogen (secondary N) is 1. The minimum atomic E-state index is 0.394. The summed E-state index contributed by atoms with van der Waals surface area (Å²) in [6.45, 7) is 9.15. The molecule has 2 nitrogen and oxygen atoms in total. The van der Waals surface area contributed by atoms with Crippen molar-refractivity contribution in [2.24, 2.45) is 0 Å². The molecular weight excluding hydrogens is 210 g/mol. The Morgan fingerprint density at radius 1 is 1.24 bits per heavy atom. The highest BCUT2D eigenvalue weighted by atomic mass is 16.5. The maximum absolute atomic E-state index is 5.53. The van der Waals surface area contributed by atoms with Gasteiger partial charge in [0, 0.05) is 19.2 Å². The van der Waals surface area contributed by atoms with Crippen molar-refractivity contribution in [3.63, 3.8) is 0 Å². The highest BCUT2D eigenvalue weighted by Gasteiger charge is 2.05. The van der Waals surface area contributed by atoms with Gasteiger partial charge in [-0.1, -0.05) is 37.6 Å². The van der Waals surface area contributed by atoms with Crippen molar-refractivity contribution >= 4 is 0 Å². The average molecular weight is 235 g/mol. The Hall–Kier alpha value is -0.860. The number of rotatable bonds is 8. The standard InChI is InChI=1S/C15H25NO/c1-4-5-11-17-12-10-16-14(3)15-9-7-6-8-13(15)2/h6-9,14,16H,4-5,10-12H2,1-3H3/t14-/m0/s1. The van der Waals surface area contributed by atoms with E-state index in [9.17, 15) is 0 Å². The molecule has 0 radical (unpaired) electrons. The van der Waals surface area contributed by atoms with Gasteiger partial charge in [0.15, 0.2) is 0 Å². The van der Waals surface area contributed by atoms with Gasteiger partial charge in [-0.3, -0.25) is 0 Å². The van der Waals surface area contributed by atoms with Gasteiger partial charge in [-0.2, -0.15) is 0 Å². The Morgan fingerprint density at radius 3 is 2.71 bits per heavy atom. The molecular formula is C15H25NO. The van der Waals surface area contributed by atoms with Crippen LogP contribution in [-0.4, -0.2) is 19.8 Å². The van der Waals surface area contributed by atoms with Crippen LogP contribution < -0.4 is 5.32 Å². The van der Waals surface area contributed by atoms with Gasteiger partial charge in [-0.15, -0.1) is 0 Å². The Kier molecular flexibility index (Phi) is 6.90. The monoisotopic (exact) mass is 235 g/mol. The van der Waals surface area contributed by atoms with Crippen LogP contribution in [0.3, 0.4) is 0 Å². The summed E-state index contributed by atoms with van der Waals surface area (Å²) in [6, 6.07) is 8.92. The average Bonchev–Trinajstić information content (AvgIpc) is 2.34. The zero-order valence-electron chi connectivity index (χ0n) is 11.3. The third kappa shape index (κ3) is 5.33. The summed E-state index contributed by atoms with van der Waals surface area (Å²) >= 11 is 0. The lowest BCUT2D eigenvalue weighted by molar-refractivity contribution is 0.131. The maximum atomic E-state index is 5.53. The quantitative estimate of drug-likeness (QED) is 0.697. The largest absolute Gasteiger partial charge is 0.380 e. The van der Waals surface area contributed by atoms with E-state index in [-0.39, 0.29) is 0 Å². The Balaban J connectivity index is 2.21. The molecule has 0 aliphatic heterocycles. The minimum absolute atomic E-state index is 0.394. The van der Waals surface area contributed by atoms with Crippen molar-refractivity contribution in [2.75, 3.05) is 19.8 Å². The van der Waals surface area contributed by atoms with Crippen LogP contribution in [0.15, 0.2) is 24.3 Å². The van der Waals surface area contributed by atoms with Crippen LogP contribution in [0.4, 0.5) is 0 Å². The summed E-state index contributed by atoms with van der Waals surface area (Å²) in [5, 5.41) is 3.49. The molecule has 0 aliphatic carbocycles. The lowest BCUT2D eigenvalue weighted by Crippen LogP contribution is -2.24. The Morgan fingerprint density at radius 2 is 2.00 bits per heavy atom. The van der Waals surface area contributed by atoms with Crippen LogP contribution in [-0.2, 0) is 4.74 Å². The third-order valence-corrected chi connectivity index (χ3v) is 2.99. The van der Waals surface area contributed by atoms with Crippen LogP contribution in [0.1, 0.15) is 43.9 Å². The van der Waals surface area contributed by atoms with Gasteiger partial charge in [-0.05, 0) is 31.4 Å². The molecule has 0 saturated heterocycles. The molecule has 0 aliphatic rings. The second kappa shape index (κ2) is 8.26. The molecule has 1 rings (SSSR count). The predicted molar refractivity (Wildman–Crippen MR) is 73.3 cm³/mol. The number of hydrogen-bond donors (Lipinski definition) is 1. The summed E-state index contributed by atoms with van der Waals surface area (Å²) in [4.78, 5) is 0. The van der Waals surface area contributed by atoms with Crippen LogP contribution >= 0.6 is 0 Å². The Labute approximate surface area is 105 Å². The SMILES string of the molecule is CCCCOCCN[C@@H](C)c1ccccc1C. The summed E-state index contributed by atoms with van der Waals surface area (Å²) in [6.07, 6.45) is 2.36. The molecule has 0 heterocycles. The third-order valence-electron chi connectivity index (χ3n) is 2.99. The Bertz CT molecular complexity index is 312. The topological polar surface area (TPSA) is 21.3 Å². The second-order valence-corrected chi connectivity index (χ2v) is 4.50. The molecule has 0 bridgehead atoms. The highest BCUT2D eigenvalue weighted by molar-refractivity contribution is 5.28. The molecule has 2 heteroatoms. The van der Waals surface area contributed by atoms with Gasteiger partial charge in [0.2, 0.25) is 0 Å². The summed E-state index contributed by atoms with van der Waals surface area (Å²) in [5.74, 6) is 0. The van der Waals surface area contributed by atoms with Crippen molar-refractivity contribution in [1.82, 2.24) is 5.32 Å². The predicted octanol–water partition coefficient (Wildman–Crippen LogP) is 3.46. The molecule has 0 fully saturated rings. The fourth-order valence-electron chi connectivity index (χ4n) is 1.88. The minimum Gasteiger partial charge on any atom is -0.380 e. The molecule has 96 valence electrons. The zero-order valence-corrected chi connectivity index (χ0v) is 11.3. The van der Waals surface area contributed by atoms with Gasteiger partial charge < -0.3 is 10.1 Å². The fourth-order valence-corrected chi connectivity index (χ4v) is 1.88. The molecule has 0 aromatic heterocycles. The lowest BCUT2D eigenvalue weighted by atomic mass is 10.0. The fraction of sp³-hybridized carbons (Fsp3) is 0.600. The zero-order chi connectivity index (χ0) is 12.5. The number of aryl methyl sites for hydroxylation is 1. The van der Waals surface area contributed by atoms with Crippen LogP contribution in [0.5, 0.6) is 0 Å². The smallest absolute Gasteiger partial charge is 0.0591 e. The highest BCUT2D eigenvalue weighted by Crippen LogP contribution is 2.15. The normalized spacial score (nSPS) is 12.6. The van der Waals surface area contributed by atoms with Gasteiger partial charge in [-0.25, -0.2) is 0 Å².